The van der Waals surface area contributed by atoms with Crippen LogP contribution < -0.4 is 10.1 Å². The molecular weight excluding hydrogens is 364 g/mol. The van der Waals surface area contributed by atoms with Gasteiger partial charge in [-0.1, -0.05) is 32.0 Å². The van der Waals surface area contributed by atoms with Crippen molar-refractivity contribution in [3.8, 4) is 5.75 Å². The van der Waals surface area contributed by atoms with E-state index in [0.29, 0.717) is 0 Å². The SMILES string of the molecule is Cc1cccc(C(C)C)c1NC(=O)COC(=O)COc1ccc([N+](=O)[O-])cc1. The highest BCUT2D eigenvalue weighted by atomic mass is 16.6. The zero-order chi connectivity index (χ0) is 20.7. The second kappa shape index (κ2) is 9.50. The summed E-state index contributed by atoms with van der Waals surface area (Å²) in [6.07, 6.45) is 0. The largest absolute Gasteiger partial charge is 0.482 e. The monoisotopic (exact) mass is 386 g/mol. The average Bonchev–Trinajstić information content (AvgIpc) is 2.66. The number of hydrogen-bond acceptors (Lipinski definition) is 6. The van der Waals surface area contributed by atoms with Gasteiger partial charge in [0.25, 0.3) is 11.6 Å². The Kier molecular flexibility index (Phi) is 7.08. The van der Waals surface area contributed by atoms with E-state index in [1.54, 1.807) is 0 Å². The summed E-state index contributed by atoms with van der Waals surface area (Å²) in [6.45, 7) is 5.10. The Bertz CT molecular complexity index is 861. The van der Waals surface area contributed by atoms with Crippen molar-refractivity contribution in [2.24, 2.45) is 0 Å². The minimum absolute atomic E-state index is 0.0800. The lowest BCUT2D eigenvalue weighted by Gasteiger charge is -2.16. The summed E-state index contributed by atoms with van der Waals surface area (Å²) >= 11 is 0. The second-order valence-corrected chi connectivity index (χ2v) is 6.44. The van der Waals surface area contributed by atoms with Crippen LogP contribution in [0.25, 0.3) is 0 Å². The van der Waals surface area contributed by atoms with E-state index in [1.165, 1.54) is 24.3 Å². The molecule has 2 aromatic rings. The fourth-order valence-electron chi connectivity index (χ4n) is 2.51. The average molecular weight is 386 g/mol. The molecule has 8 heteroatoms. The smallest absolute Gasteiger partial charge is 0.344 e. The summed E-state index contributed by atoms with van der Waals surface area (Å²) in [4.78, 5) is 33.9. The normalized spacial score (nSPS) is 10.4. The van der Waals surface area contributed by atoms with Gasteiger partial charge in [-0.15, -0.1) is 0 Å². The van der Waals surface area contributed by atoms with Gasteiger partial charge in [0.05, 0.1) is 4.92 Å². The Morgan fingerprint density at radius 1 is 1.11 bits per heavy atom. The molecule has 0 aromatic heterocycles. The molecule has 0 heterocycles. The lowest BCUT2D eigenvalue weighted by Crippen LogP contribution is -2.24. The molecule has 0 bridgehead atoms. The molecule has 2 rings (SSSR count). The highest BCUT2D eigenvalue weighted by molar-refractivity contribution is 5.94. The molecule has 0 saturated carbocycles. The van der Waals surface area contributed by atoms with E-state index in [2.05, 4.69) is 5.32 Å². The zero-order valence-electron chi connectivity index (χ0n) is 15.9. The number of amides is 1. The van der Waals surface area contributed by atoms with Crippen molar-refractivity contribution in [1.29, 1.82) is 0 Å². The van der Waals surface area contributed by atoms with E-state index in [0.717, 1.165) is 16.8 Å². The fraction of sp³-hybridized carbons (Fsp3) is 0.300. The van der Waals surface area contributed by atoms with Gasteiger partial charge >= 0.3 is 5.97 Å². The van der Waals surface area contributed by atoms with E-state index in [4.69, 9.17) is 9.47 Å². The molecule has 0 aliphatic carbocycles. The molecule has 1 amide bonds. The van der Waals surface area contributed by atoms with Crippen molar-refractivity contribution < 1.29 is 24.0 Å². The number of carbonyl (C=O) groups excluding carboxylic acids is 2. The number of esters is 1. The van der Waals surface area contributed by atoms with E-state index in [-0.39, 0.29) is 17.4 Å². The van der Waals surface area contributed by atoms with Crippen LogP contribution in [0.3, 0.4) is 0 Å². The number of nitro groups is 1. The van der Waals surface area contributed by atoms with Gasteiger partial charge in [-0.3, -0.25) is 14.9 Å². The maximum Gasteiger partial charge on any atom is 0.344 e. The van der Waals surface area contributed by atoms with Gasteiger partial charge in [0, 0.05) is 17.8 Å². The van der Waals surface area contributed by atoms with Crippen LogP contribution in [-0.2, 0) is 14.3 Å². The maximum absolute atomic E-state index is 12.1. The van der Waals surface area contributed by atoms with Crippen LogP contribution in [0.5, 0.6) is 5.75 Å². The first-order valence-corrected chi connectivity index (χ1v) is 8.70. The van der Waals surface area contributed by atoms with Crippen molar-refractivity contribution in [1.82, 2.24) is 0 Å². The van der Waals surface area contributed by atoms with E-state index in [9.17, 15) is 19.7 Å². The number of carbonyl (C=O) groups is 2. The van der Waals surface area contributed by atoms with Crippen LogP contribution in [0.15, 0.2) is 42.5 Å². The quantitative estimate of drug-likeness (QED) is 0.422. The van der Waals surface area contributed by atoms with Crippen LogP contribution >= 0.6 is 0 Å². The number of nitrogens with one attached hydrogen (secondary N) is 1. The summed E-state index contributed by atoms with van der Waals surface area (Å²) in [6, 6.07) is 11.1. The Labute approximate surface area is 162 Å². The molecule has 8 nitrogen and oxygen atoms in total. The van der Waals surface area contributed by atoms with Crippen molar-refractivity contribution in [3.63, 3.8) is 0 Å². The van der Waals surface area contributed by atoms with Gasteiger partial charge in [-0.05, 0) is 36.1 Å². The lowest BCUT2D eigenvalue weighted by atomic mass is 9.98. The molecule has 0 saturated heterocycles. The number of non-ortho nitro benzene ring substituents is 1. The maximum atomic E-state index is 12.1. The summed E-state index contributed by atoms with van der Waals surface area (Å²) < 4.78 is 10.1. The first kappa shape index (κ1) is 20.9. The molecule has 148 valence electrons. The zero-order valence-corrected chi connectivity index (χ0v) is 15.9. The number of hydrogen-bond donors (Lipinski definition) is 1. The number of aryl methyl sites for hydroxylation is 1. The third-order valence-corrected chi connectivity index (χ3v) is 3.96. The number of ether oxygens (including phenoxy) is 2. The third-order valence-electron chi connectivity index (χ3n) is 3.96. The fourth-order valence-corrected chi connectivity index (χ4v) is 2.51. The Morgan fingerprint density at radius 3 is 2.39 bits per heavy atom. The minimum atomic E-state index is -0.720. The first-order valence-electron chi connectivity index (χ1n) is 8.70. The standard InChI is InChI=1S/C20H22N2O6/c1-13(2)17-6-4-5-14(3)20(17)21-18(23)11-28-19(24)12-27-16-9-7-15(8-10-16)22(25)26/h4-10,13H,11-12H2,1-3H3,(H,21,23). The van der Waals surface area contributed by atoms with Gasteiger partial charge in [-0.25, -0.2) is 4.79 Å². The van der Waals surface area contributed by atoms with E-state index in [1.807, 2.05) is 39.0 Å². The highest BCUT2D eigenvalue weighted by Gasteiger charge is 2.14. The Hall–Kier alpha value is -3.42. The number of nitrogens with zero attached hydrogens (tertiary/aromatic N) is 1. The molecule has 2 aromatic carbocycles. The van der Waals surface area contributed by atoms with Gasteiger partial charge in [0.1, 0.15) is 5.75 Å². The van der Waals surface area contributed by atoms with Gasteiger partial charge in [0.2, 0.25) is 0 Å². The summed E-state index contributed by atoms with van der Waals surface area (Å²) in [5, 5.41) is 13.4. The van der Waals surface area contributed by atoms with Crippen LogP contribution in [0, 0.1) is 17.0 Å². The van der Waals surface area contributed by atoms with Crippen LogP contribution in [0.1, 0.15) is 30.9 Å². The molecule has 0 atom stereocenters. The predicted molar refractivity (Wildman–Crippen MR) is 103 cm³/mol. The van der Waals surface area contributed by atoms with E-state index >= 15 is 0 Å². The number of anilines is 1. The predicted octanol–water partition coefficient (Wildman–Crippen LogP) is 3.59. The summed E-state index contributed by atoms with van der Waals surface area (Å²) in [5.41, 5.74) is 2.57. The van der Waals surface area contributed by atoms with Crippen molar-refractivity contribution in [2.75, 3.05) is 18.5 Å². The number of para-hydroxylation sites is 1. The molecular formula is C20H22N2O6. The molecule has 28 heavy (non-hydrogen) atoms. The minimum Gasteiger partial charge on any atom is -0.482 e. The topological polar surface area (TPSA) is 108 Å². The van der Waals surface area contributed by atoms with Crippen molar-refractivity contribution in [3.05, 3.63) is 63.7 Å². The van der Waals surface area contributed by atoms with Crippen LogP contribution in [0.2, 0.25) is 0 Å². The van der Waals surface area contributed by atoms with Crippen molar-refractivity contribution >= 4 is 23.3 Å². The first-order chi connectivity index (χ1) is 13.3. The van der Waals surface area contributed by atoms with Gasteiger partial charge in [-0.2, -0.15) is 0 Å². The highest BCUT2D eigenvalue weighted by Crippen LogP contribution is 2.27. The van der Waals surface area contributed by atoms with Crippen LogP contribution in [0.4, 0.5) is 11.4 Å². The van der Waals surface area contributed by atoms with Gasteiger partial charge < -0.3 is 14.8 Å². The summed E-state index contributed by atoms with van der Waals surface area (Å²) in [7, 11) is 0. The third kappa shape index (κ3) is 5.80. The van der Waals surface area contributed by atoms with Crippen LogP contribution in [-0.4, -0.2) is 30.0 Å². The summed E-state index contributed by atoms with van der Waals surface area (Å²) in [5.74, 6) is -0.649. The lowest BCUT2D eigenvalue weighted by molar-refractivity contribution is -0.384. The number of rotatable bonds is 8. The molecule has 0 spiro atoms. The second-order valence-electron chi connectivity index (χ2n) is 6.44. The number of nitro benzene ring substituents is 1. The molecule has 0 fully saturated rings. The molecule has 0 aliphatic rings. The molecule has 0 radical (unpaired) electrons. The Morgan fingerprint density at radius 2 is 1.79 bits per heavy atom. The molecule has 0 aliphatic heterocycles. The molecule has 0 unspecified atom stereocenters. The van der Waals surface area contributed by atoms with Gasteiger partial charge in [0.15, 0.2) is 13.2 Å². The van der Waals surface area contributed by atoms with Crippen molar-refractivity contribution in [2.45, 2.75) is 26.7 Å². The van der Waals surface area contributed by atoms with E-state index < -0.39 is 30.0 Å². The number of benzene rings is 2. The Balaban J connectivity index is 1.83. The molecule has 1 N–H and O–H groups in total.